The number of hydrogen-bond acceptors (Lipinski definition) is 6. The van der Waals surface area contributed by atoms with Gasteiger partial charge in [-0.05, 0) is 55.0 Å². The molecule has 1 fully saturated rings. The Morgan fingerprint density at radius 2 is 2.09 bits per heavy atom. The normalized spacial score (nSPS) is 21.8. The number of nitro groups is 1. The van der Waals surface area contributed by atoms with Gasteiger partial charge in [0.1, 0.15) is 5.75 Å². The van der Waals surface area contributed by atoms with E-state index in [0.717, 1.165) is 29.7 Å². The molecule has 1 unspecified atom stereocenters. The molecule has 1 aliphatic heterocycles. The SMILES string of the molecule is COc1cccc2c1CC[C@H]1CNC(CCn3c(=O)[nH]c4ccc([N+](=O)[O-])cc4c3=O)[C@@H]21. The van der Waals surface area contributed by atoms with Crippen molar-refractivity contribution >= 4 is 16.6 Å². The first-order valence-electron chi connectivity index (χ1n) is 10.8. The number of nitrogens with zero attached hydrogens (tertiary/aromatic N) is 2. The molecule has 166 valence electrons. The van der Waals surface area contributed by atoms with Crippen LogP contribution in [-0.2, 0) is 13.0 Å². The van der Waals surface area contributed by atoms with E-state index in [1.807, 2.05) is 12.1 Å². The van der Waals surface area contributed by atoms with E-state index in [1.165, 1.54) is 29.3 Å². The average Bonchev–Trinajstić information content (AvgIpc) is 3.21. The summed E-state index contributed by atoms with van der Waals surface area (Å²) in [5.74, 6) is 1.72. The molecule has 32 heavy (non-hydrogen) atoms. The van der Waals surface area contributed by atoms with Crippen LogP contribution in [0.1, 0.15) is 29.9 Å². The summed E-state index contributed by atoms with van der Waals surface area (Å²) in [5.41, 5.74) is 1.64. The topological polar surface area (TPSA) is 119 Å². The summed E-state index contributed by atoms with van der Waals surface area (Å²) in [7, 11) is 1.69. The van der Waals surface area contributed by atoms with Crippen molar-refractivity contribution in [1.29, 1.82) is 0 Å². The third-order valence-electron chi connectivity index (χ3n) is 6.94. The fourth-order valence-electron chi connectivity index (χ4n) is 5.43. The van der Waals surface area contributed by atoms with Gasteiger partial charge in [0.05, 0.1) is 22.9 Å². The number of H-pyrrole nitrogens is 1. The molecule has 0 spiro atoms. The van der Waals surface area contributed by atoms with Gasteiger partial charge in [0.15, 0.2) is 0 Å². The van der Waals surface area contributed by atoms with Gasteiger partial charge in [0.2, 0.25) is 0 Å². The van der Waals surface area contributed by atoms with Crippen LogP contribution in [0.4, 0.5) is 5.69 Å². The van der Waals surface area contributed by atoms with Crippen molar-refractivity contribution in [1.82, 2.24) is 14.9 Å². The van der Waals surface area contributed by atoms with Crippen molar-refractivity contribution in [2.24, 2.45) is 5.92 Å². The maximum Gasteiger partial charge on any atom is 0.328 e. The summed E-state index contributed by atoms with van der Waals surface area (Å²) < 4.78 is 6.71. The molecule has 0 amide bonds. The van der Waals surface area contributed by atoms with Crippen LogP contribution in [0.5, 0.6) is 5.75 Å². The van der Waals surface area contributed by atoms with Crippen molar-refractivity contribution in [2.75, 3.05) is 13.7 Å². The number of nitrogens with one attached hydrogen (secondary N) is 2. The second-order valence-electron chi connectivity index (χ2n) is 8.53. The van der Waals surface area contributed by atoms with Crippen LogP contribution in [0.3, 0.4) is 0 Å². The zero-order valence-corrected chi connectivity index (χ0v) is 17.7. The Balaban J connectivity index is 1.45. The highest BCUT2D eigenvalue weighted by atomic mass is 16.6. The molecule has 5 rings (SSSR count). The standard InChI is InChI=1S/C23H24N4O5/c1-32-20-4-2-3-16-15(20)7-5-13-12-24-19(21(13)16)9-10-26-22(28)17-11-14(27(30)31)6-8-18(17)25-23(26)29/h2-4,6,8,11,13,19,21,24H,5,7,9-10,12H2,1H3,(H,25,29)/t13-,19?,21+/m0/s1. The molecule has 2 N–H and O–H groups in total. The maximum atomic E-state index is 13.0. The number of benzene rings is 2. The molecular formula is C23H24N4O5. The Labute approximate surface area is 183 Å². The Morgan fingerprint density at radius 3 is 2.88 bits per heavy atom. The van der Waals surface area contributed by atoms with Crippen LogP contribution in [0.15, 0.2) is 46.0 Å². The van der Waals surface area contributed by atoms with Crippen molar-refractivity contribution in [2.45, 2.75) is 37.8 Å². The lowest BCUT2D eigenvalue weighted by Crippen LogP contribution is -2.38. The quantitative estimate of drug-likeness (QED) is 0.468. The van der Waals surface area contributed by atoms with E-state index in [9.17, 15) is 19.7 Å². The molecule has 2 heterocycles. The van der Waals surface area contributed by atoms with Gasteiger partial charge in [0.25, 0.3) is 11.2 Å². The zero-order chi connectivity index (χ0) is 22.4. The molecule has 9 heteroatoms. The molecule has 1 saturated heterocycles. The predicted octanol–water partition coefficient (Wildman–Crippen LogP) is 2.31. The van der Waals surface area contributed by atoms with Gasteiger partial charge in [-0.25, -0.2) is 4.79 Å². The van der Waals surface area contributed by atoms with Crippen LogP contribution in [0, 0.1) is 16.0 Å². The van der Waals surface area contributed by atoms with Gasteiger partial charge in [-0.1, -0.05) is 12.1 Å². The maximum absolute atomic E-state index is 13.0. The number of nitro benzene ring substituents is 1. The molecule has 3 aromatic rings. The number of rotatable bonds is 5. The molecule has 9 nitrogen and oxygen atoms in total. The van der Waals surface area contributed by atoms with E-state index >= 15 is 0 Å². The third kappa shape index (κ3) is 3.29. The van der Waals surface area contributed by atoms with Crippen LogP contribution in [0.2, 0.25) is 0 Å². The molecular weight excluding hydrogens is 412 g/mol. The minimum atomic E-state index is -0.550. The van der Waals surface area contributed by atoms with Crippen molar-refractivity contribution in [3.63, 3.8) is 0 Å². The molecule has 2 aromatic carbocycles. The second kappa shape index (κ2) is 7.90. The minimum absolute atomic E-state index is 0.123. The van der Waals surface area contributed by atoms with Crippen LogP contribution in [0.25, 0.3) is 10.9 Å². The number of aromatic nitrogens is 2. The van der Waals surface area contributed by atoms with E-state index in [4.69, 9.17) is 4.74 Å². The molecule has 0 radical (unpaired) electrons. The van der Waals surface area contributed by atoms with E-state index < -0.39 is 16.2 Å². The van der Waals surface area contributed by atoms with Gasteiger partial charge in [-0.15, -0.1) is 0 Å². The zero-order valence-electron chi connectivity index (χ0n) is 17.7. The van der Waals surface area contributed by atoms with Crippen LogP contribution < -0.4 is 21.3 Å². The summed E-state index contributed by atoms with van der Waals surface area (Å²) in [6.45, 7) is 1.13. The third-order valence-corrected chi connectivity index (χ3v) is 6.94. The Hall–Kier alpha value is -3.46. The summed E-state index contributed by atoms with van der Waals surface area (Å²) in [6, 6.07) is 10.2. The molecule has 3 atom stereocenters. The highest BCUT2D eigenvalue weighted by Gasteiger charge is 2.40. The van der Waals surface area contributed by atoms with E-state index in [2.05, 4.69) is 16.4 Å². The number of methoxy groups -OCH3 is 1. The highest BCUT2D eigenvalue weighted by molar-refractivity contribution is 5.79. The number of aromatic amines is 1. The fourth-order valence-corrected chi connectivity index (χ4v) is 5.43. The summed E-state index contributed by atoms with van der Waals surface area (Å²) in [4.78, 5) is 38.8. The molecule has 1 aliphatic carbocycles. The largest absolute Gasteiger partial charge is 0.496 e. The van der Waals surface area contributed by atoms with Crippen LogP contribution >= 0.6 is 0 Å². The molecule has 0 bridgehead atoms. The lowest BCUT2D eigenvalue weighted by atomic mass is 9.73. The van der Waals surface area contributed by atoms with Crippen molar-refractivity contribution in [3.8, 4) is 5.75 Å². The monoisotopic (exact) mass is 436 g/mol. The number of hydrogen-bond donors (Lipinski definition) is 2. The summed E-state index contributed by atoms with van der Waals surface area (Å²) >= 11 is 0. The lowest BCUT2D eigenvalue weighted by Gasteiger charge is -2.32. The molecule has 0 saturated carbocycles. The van der Waals surface area contributed by atoms with Crippen molar-refractivity contribution < 1.29 is 9.66 Å². The molecule has 2 aliphatic rings. The molecule has 1 aromatic heterocycles. The smallest absolute Gasteiger partial charge is 0.328 e. The Kier molecular flexibility index (Phi) is 5.05. The van der Waals surface area contributed by atoms with E-state index in [-0.39, 0.29) is 23.7 Å². The Morgan fingerprint density at radius 1 is 1.25 bits per heavy atom. The Bertz CT molecular complexity index is 1330. The first kappa shape index (κ1) is 20.4. The second-order valence-corrected chi connectivity index (χ2v) is 8.53. The summed E-state index contributed by atoms with van der Waals surface area (Å²) in [6.07, 6.45) is 2.65. The van der Waals surface area contributed by atoms with E-state index in [0.29, 0.717) is 23.8 Å². The van der Waals surface area contributed by atoms with Gasteiger partial charge in [-0.2, -0.15) is 0 Å². The number of non-ortho nitro benzene ring substituents is 1. The first-order valence-corrected chi connectivity index (χ1v) is 10.8. The lowest BCUT2D eigenvalue weighted by molar-refractivity contribution is -0.384. The predicted molar refractivity (Wildman–Crippen MR) is 119 cm³/mol. The van der Waals surface area contributed by atoms with Gasteiger partial charge in [-0.3, -0.25) is 19.5 Å². The highest BCUT2D eigenvalue weighted by Crippen LogP contribution is 2.45. The number of ether oxygens (including phenoxy) is 1. The minimum Gasteiger partial charge on any atom is -0.496 e. The first-order chi connectivity index (χ1) is 15.5. The van der Waals surface area contributed by atoms with Crippen molar-refractivity contribution in [3.05, 3.63) is 78.5 Å². The average molecular weight is 436 g/mol. The van der Waals surface area contributed by atoms with E-state index in [1.54, 1.807) is 7.11 Å². The number of fused-ring (bicyclic) bond motifs is 4. The van der Waals surface area contributed by atoms with Gasteiger partial charge in [0, 0.05) is 30.6 Å². The van der Waals surface area contributed by atoms with Crippen LogP contribution in [-0.4, -0.2) is 34.2 Å². The van der Waals surface area contributed by atoms with Gasteiger partial charge >= 0.3 is 5.69 Å². The van der Waals surface area contributed by atoms with Gasteiger partial charge < -0.3 is 15.0 Å². The fraction of sp³-hybridized carbons (Fsp3) is 0.391. The summed E-state index contributed by atoms with van der Waals surface area (Å²) in [5, 5.41) is 14.8.